The first-order chi connectivity index (χ1) is 32.1. The zero-order valence-electron chi connectivity index (χ0n) is 36.2. The Labute approximate surface area is 379 Å². The van der Waals surface area contributed by atoms with Gasteiger partial charge in [-0.15, -0.1) is 0 Å². The Kier molecular flexibility index (Phi) is 10.9. The molecule has 0 radical (unpaired) electrons. The summed E-state index contributed by atoms with van der Waals surface area (Å²) < 4.78 is 0. The van der Waals surface area contributed by atoms with Gasteiger partial charge in [0.1, 0.15) is 0 Å². The van der Waals surface area contributed by atoms with Gasteiger partial charge in [0.2, 0.25) is 0 Å². The summed E-state index contributed by atoms with van der Waals surface area (Å²) in [6, 6.07) is 45.2. The van der Waals surface area contributed by atoms with Crippen LogP contribution in [0, 0.1) is 20.8 Å². The lowest BCUT2D eigenvalue weighted by molar-refractivity contribution is 0.0992. The molecule has 10 aromatic rings. The fourth-order valence-electron chi connectivity index (χ4n) is 8.04. The lowest BCUT2D eigenvalue weighted by Gasteiger charge is -2.12. The van der Waals surface area contributed by atoms with Gasteiger partial charge < -0.3 is 10.6 Å². The van der Waals surface area contributed by atoms with Gasteiger partial charge in [0.05, 0.1) is 57.4 Å². The van der Waals surface area contributed by atoms with Gasteiger partial charge >= 0.3 is 0 Å². The maximum atomic E-state index is 14.1. The summed E-state index contributed by atoms with van der Waals surface area (Å²) in [5.41, 5.74) is 11.9. The van der Waals surface area contributed by atoms with Crippen LogP contribution in [-0.2, 0) is 6.42 Å². The minimum atomic E-state index is -0.523. The van der Waals surface area contributed by atoms with Crippen molar-refractivity contribution in [3.05, 3.63) is 204 Å². The molecular weight excluding hydrogens is 821 g/mol. The number of carbonyl (C=O) groups excluding carboxylic acids is 3. The Morgan fingerprint density at radius 1 is 0.424 bits per heavy atom. The van der Waals surface area contributed by atoms with Gasteiger partial charge in [0.15, 0.2) is 5.78 Å². The molecule has 318 valence electrons. The largest absolute Gasteiger partial charge is 0.321 e. The van der Waals surface area contributed by atoms with Gasteiger partial charge in [-0.2, -0.15) is 0 Å². The van der Waals surface area contributed by atoms with Crippen LogP contribution in [0.2, 0.25) is 0 Å². The number of ketones is 1. The molecule has 66 heavy (non-hydrogen) atoms. The molecule has 0 atom stereocenters. The van der Waals surface area contributed by atoms with Crippen LogP contribution in [0.1, 0.15) is 53.7 Å². The molecule has 0 aliphatic carbocycles. The predicted octanol–water partition coefficient (Wildman–Crippen LogP) is 11.4. The van der Waals surface area contributed by atoms with Gasteiger partial charge in [-0.05, 0) is 93.1 Å². The monoisotopic (exact) mass is 860 g/mol. The number of para-hydroxylation sites is 3. The standard InChI is InChI=1S/C55H40N8O3/c1-32-13-17-36-7-4-10-44(51(36)59-32)47-22-16-35(29-56-47)25-50(64)39-26-40(54(65)62-42-20-23-48(57-30-42)45-11-5-8-37-18-14-33(2)60-52(37)45)28-41(27-39)55(66)63-43-21-24-49(58-31-43)46-12-6-9-38-19-15-34(3)61-53(38)46/h4-24,26-31H,25H2,1-3H3,(H,62,65)(H,63,66). The van der Waals surface area contributed by atoms with E-state index in [0.717, 1.165) is 72.2 Å². The van der Waals surface area contributed by atoms with E-state index in [0.29, 0.717) is 28.3 Å². The van der Waals surface area contributed by atoms with E-state index >= 15 is 0 Å². The molecular formula is C55H40N8O3. The van der Waals surface area contributed by atoms with E-state index in [-0.39, 0.29) is 28.9 Å². The molecule has 10 rings (SSSR count). The summed E-state index contributed by atoms with van der Waals surface area (Å²) in [6.45, 7) is 5.84. The maximum absolute atomic E-state index is 14.1. The second kappa shape index (κ2) is 17.4. The van der Waals surface area contributed by atoms with E-state index in [1.54, 1.807) is 30.7 Å². The van der Waals surface area contributed by atoms with Gasteiger partial charge in [-0.3, -0.25) is 44.3 Å². The zero-order valence-corrected chi connectivity index (χ0v) is 36.2. The first-order valence-electron chi connectivity index (χ1n) is 21.4. The molecule has 6 heterocycles. The van der Waals surface area contributed by atoms with Crippen molar-refractivity contribution in [2.24, 2.45) is 0 Å². The molecule has 2 amide bonds. The molecule has 4 aromatic carbocycles. The summed E-state index contributed by atoms with van der Waals surface area (Å²) >= 11 is 0. The number of fused-ring (bicyclic) bond motifs is 3. The molecule has 0 aliphatic heterocycles. The van der Waals surface area contributed by atoms with E-state index in [9.17, 15) is 14.4 Å². The van der Waals surface area contributed by atoms with Crippen molar-refractivity contribution >= 4 is 61.7 Å². The van der Waals surface area contributed by atoms with E-state index in [1.807, 2.05) is 136 Å². The van der Waals surface area contributed by atoms with Crippen molar-refractivity contribution in [3.8, 4) is 33.8 Å². The Morgan fingerprint density at radius 2 is 0.818 bits per heavy atom. The molecule has 0 unspecified atom stereocenters. The number of hydrogen-bond acceptors (Lipinski definition) is 9. The molecule has 0 saturated carbocycles. The van der Waals surface area contributed by atoms with Gasteiger partial charge in [-0.25, -0.2) is 0 Å². The maximum Gasteiger partial charge on any atom is 0.255 e. The summed E-state index contributed by atoms with van der Waals surface area (Å²) in [6.07, 6.45) is 4.80. The summed E-state index contributed by atoms with van der Waals surface area (Å²) in [4.78, 5) is 70.3. The topological polar surface area (TPSA) is 153 Å². The second-order valence-corrected chi connectivity index (χ2v) is 16.2. The van der Waals surface area contributed by atoms with Gasteiger partial charge in [0.25, 0.3) is 11.8 Å². The minimum Gasteiger partial charge on any atom is -0.321 e. The molecule has 6 aromatic heterocycles. The minimum absolute atomic E-state index is 0.0197. The van der Waals surface area contributed by atoms with Crippen LogP contribution < -0.4 is 10.6 Å². The van der Waals surface area contributed by atoms with Crippen molar-refractivity contribution < 1.29 is 14.4 Å². The fraction of sp³-hybridized carbons (Fsp3) is 0.0727. The number of carbonyl (C=O) groups is 3. The molecule has 0 fully saturated rings. The van der Waals surface area contributed by atoms with Crippen molar-refractivity contribution in [2.45, 2.75) is 27.2 Å². The summed E-state index contributed by atoms with van der Waals surface area (Å²) in [7, 11) is 0. The highest BCUT2D eigenvalue weighted by atomic mass is 16.2. The Hall–Kier alpha value is -8.83. The van der Waals surface area contributed by atoms with E-state index < -0.39 is 11.8 Å². The number of nitrogens with zero attached hydrogens (tertiary/aromatic N) is 6. The second-order valence-electron chi connectivity index (χ2n) is 16.2. The first kappa shape index (κ1) is 41.2. The van der Waals surface area contributed by atoms with Crippen LogP contribution in [0.3, 0.4) is 0 Å². The van der Waals surface area contributed by atoms with Crippen molar-refractivity contribution in [2.75, 3.05) is 10.6 Å². The van der Waals surface area contributed by atoms with Crippen LogP contribution in [0.25, 0.3) is 66.5 Å². The SMILES string of the molecule is Cc1ccc2cccc(-c3ccc(CC(=O)c4cc(C(=O)Nc5ccc(-c6cccc7ccc(C)nc67)nc5)cc(C(=O)Nc5ccc(-c6cccc7ccc(C)nc67)nc5)c4)cn3)c2n1. The van der Waals surface area contributed by atoms with Crippen molar-refractivity contribution in [3.63, 3.8) is 0 Å². The van der Waals surface area contributed by atoms with Crippen LogP contribution in [0.15, 0.2) is 164 Å². The lowest BCUT2D eigenvalue weighted by atomic mass is 9.98. The predicted molar refractivity (Wildman–Crippen MR) is 260 cm³/mol. The smallest absolute Gasteiger partial charge is 0.255 e. The Balaban J connectivity index is 0.923. The molecule has 11 heteroatoms. The number of aryl methyl sites for hydroxylation is 3. The Bertz CT molecular complexity index is 3150. The number of pyridine rings is 6. The number of nitrogens with one attached hydrogen (secondary N) is 2. The molecule has 2 N–H and O–H groups in total. The third-order valence-electron chi connectivity index (χ3n) is 11.4. The van der Waals surface area contributed by atoms with Gasteiger partial charge in [-0.1, -0.05) is 78.9 Å². The van der Waals surface area contributed by atoms with Crippen LogP contribution >= 0.6 is 0 Å². The molecule has 11 nitrogen and oxygen atoms in total. The fourth-order valence-corrected chi connectivity index (χ4v) is 8.04. The van der Waals surface area contributed by atoms with Crippen LogP contribution in [0.4, 0.5) is 11.4 Å². The number of amides is 2. The molecule has 0 spiro atoms. The zero-order chi connectivity index (χ0) is 45.3. The number of Topliss-reactive ketones (excluding diaryl/α,β-unsaturated/α-hetero) is 1. The highest BCUT2D eigenvalue weighted by Crippen LogP contribution is 2.30. The number of hydrogen-bond donors (Lipinski definition) is 2. The number of anilines is 2. The average molecular weight is 861 g/mol. The summed E-state index contributed by atoms with van der Waals surface area (Å²) in [5, 5.41) is 8.80. The number of rotatable bonds is 10. The number of aromatic nitrogens is 6. The van der Waals surface area contributed by atoms with Crippen molar-refractivity contribution in [1.82, 2.24) is 29.9 Å². The molecule has 0 saturated heterocycles. The Morgan fingerprint density at radius 3 is 1.20 bits per heavy atom. The number of benzene rings is 4. The lowest BCUT2D eigenvalue weighted by Crippen LogP contribution is -2.18. The van der Waals surface area contributed by atoms with Crippen LogP contribution in [-0.4, -0.2) is 47.5 Å². The highest BCUT2D eigenvalue weighted by Gasteiger charge is 2.19. The normalized spacial score (nSPS) is 11.2. The summed E-state index contributed by atoms with van der Waals surface area (Å²) in [5.74, 6) is -1.35. The van der Waals surface area contributed by atoms with E-state index in [1.165, 1.54) is 18.2 Å². The van der Waals surface area contributed by atoms with E-state index in [2.05, 4.69) is 20.6 Å². The average Bonchev–Trinajstić information content (AvgIpc) is 3.34. The van der Waals surface area contributed by atoms with E-state index in [4.69, 9.17) is 19.9 Å². The highest BCUT2D eigenvalue weighted by molar-refractivity contribution is 6.11. The van der Waals surface area contributed by atoms with Crippen molar-refractivity contribution in [1.29, 1.82) is 0 Å². The van der Waals surface area contributed by atoms with Crippen LogP contribution in [0.5, 0.6) is 0 Å². The third-order valence-corrected chi connectivity index (χ3v) is 11.4. The molecule has 0 aliphatic rings. The van der Waals surface area contributed by atoms with Gasteiger partial charge in [0, 0.05) is 79.2 Å². The quantitative estimate of drug-likeness (QED) is 0.128. The third kappa shape index (κ3) is 8.48. The molecule has 0 bridgehead atoms. The first-order valence-corrected chi connectivity index (χ1v) is 21.4.